The lowest BCUT2D eigenvalue weighted by atomic mass is 10.2. The smallest absolute Gasteiger partial charge is 0.278 e. The van der Waals surface area contributed by atoms with Gasteiger partial charge in [-0.2, -0.15) is 10.1 Å². The van der Waals surface area contributed by atoms with E-state index in [2.05, 4.69) is 25.5 Å². The number of hydrogen-bond acceptors (Lipinski definition) is 7. The van der Waals surface area contributed by atoms with E-state index >= 15 is 0 Å². The zero-order valence-electron chi connectivity index (χ0n) is 14.5. The molecule has 0 aliphatic carbocycles. The molecule has 8 nitrogen and oxygen atoms in total. The number of hydrogen-bond donors (Lipinski definition) is 1. The molecule has 0 spiro atoms. The molecule has 1 saturated heterocycles. The Morgan fingerprint density at radius 1 is 1.23 bits per heavy atom. The van der Waals surface area contributed by atoms with Crippen LogP contribution >= 0.6 is 0 Å². The molecule has 1 aromatic carbocycles. The SMILES string of the molecule is CN1CCNCC1c1noc(-c2ccc(=O)n(Cc3ccccc3)n2)n1. The second kappa shape index (κ2) is 7.19. The number of piperazine rings is 1. The summed E-state index contributed by atoms with van der Waals surface area (Å²) in [6.07, 6.45) is 0. The largest absolute Gasteiger partial charge is 0.332 e. The molecule has 8 heteroatoms. The standard InChI is InChI=1S/C18H20N6O2/c1-23-10-9-19-11-15(23)17-20-18(26-22-17)14-7-8-16(25)24(21-14)12-13-5-3-2-4-6-13/h2-8,15,19H,9-12H2,1H3. The van der Waals surface area contributed by atoms with Gasteiger partial charge in [0, 0.05) is 25.7 Å². The molecule has 0 bridgehead atoms. The number of nitrogens with one attached hydrogen (secondary N) is 1. The third-order valence-electron chi connectivity index (χ3n) is 4.51. The molecule has 1 aliphatic heterocycles. The number of likely N-dealkylation sites (N-methyl/N-ethyl adjacent to an activating group) is 1. The first-order valence-electron chi connectivity index (χ1n) is 8.58. The van der Waals surface area contributed by atoms with E-state index in [0.29, 0.717) is 24.0 Å². The molecule has 0 amide bonds. The molecule has 1 atom stereocenters. The maximum atomic E-state index is 12.1. The van der Waals surface area contributed by atoms with E-state index in [1.165, 1.54) is 10.7 Å². The van der Waals surface area contributed by atoms with Crippen LogP contribution in [0, 0.1) is 0 Å². The van der Waals surface area contributed by atoms with Crippen molar-refractivity contribution in [3.63, 3.8) is 0 Å². The summed E-state index contributed by atoms with van der Waals surface area (Å²) in [6, 6.07) is 12.9. The van der Waals surface area contributed by atoms with Gasteiger partial charge >= 0.3 is 0 Å². The van der Waals surface area contributed by atoms with Gasteiger partial charge in [0.2, 0.25) is 0 Å². The van der Waals surface area contributed by atoms with Gasteiger partial charge in [-0.25, -0.2) is 4.68 Å². The summed E-state index contributed by atoms with van der Waals surface area (Å²) in [4.78, 5) is 18.8. The van der Waals surface area contributed by atoms with Crippen LogP contribution in [0.2, 0.25) is 0 Å². The van der Waals surface area contributed by atoms with E-state index in [4.69, 9.17) is 4.52 Å². The minimum atomic E-state index is -0.173. The monoisotopic (exact) mass is 352 g/mol. The van der Waals surface area contributed by atoms with Crippen LogP contribution in [0.25, 0.3) is 11.6 Å². The molecule has 1 N–H and O–H groups in total. The van der Waals surface area contributed by atoms with Crippen molar-refractivity contribution in [2.75, 3.05) is 26.7 Å². The molecule has 1 fully saturated rings. The number of aromatic nitrogens is 4. The summed E-state index contributed by atoms with van der Waals surface area (Å²) in [5, 5.41) is 11.8. The van der Waals surface area contributed by atoms with Crippen molar-refractivity contribution in [1.82, 2.24) is 30.1 Å². The van der Waals surface area contributed by atoms with E-state index in [0.717, 1.165) is 25.2 Å². The van der Waals surface area contributed by atoms with Crippen molar-refractivity contribution in [2.24, 2.45) is 0 Å². The Labute approximate surface area is 150 Å². The fourth-order valence-electron chi connectivity index (χ4n) is 3.00. The number of benzene rings is 1. The van der Waals surface area contributed by atoms with Crippen molar-refractivity contribution in [2.45, 2.75) is 12.6 Å². The van der Waals surface area contributed by atoms with E-state index < -0.39 is 0 Å². The molecular formula is C18H20N6O2. The van der Waals surface area contributed by atoms with Gasteiger partial charge in [0.05, 0.1) is 12.6 Å². The zero-order chi connectivity index (χ0) is 17.9. The molecule has 2 aromatic heterocycles. The fraction of sp³-hybridized carbons (Fsp3) is 0.333. The number of rotatable bonds is 4. The molecule has 1 aliphatic rings. The van der Waals surface area contributed by atoms with Crippen LogP contribution < -0.4 is 10.9 Å². The average Bonchev–Trinajstić information content (AvgIpc) is 3.15. The Bertz CT molecular complexity index is 936. The van der Waals surface area contributed by atoms with Gasteiger partial charge in [-0.15, -0.1) is 0 Å². The van der Waals surface area contributed by atoms with Crippen LogP contribution in [0.15, 0.2) is 51.8 Å². The maximum Gasteiger partial charge on any atom is 0.278 e. The minimum absolute atomic E-state index is 0.0662. The highest BCUT2D eigenvalue weighted by molar-refractivity contribution is 5.44. The summed E-state index contributed by atoms with van der Waals surface area (Å²) < 4.78 is 6.81. The fourth-order valence-corrected chi connectivity index (χ4v) is 3.00. The summed E-state index contributed by atoms with van der Waals surface area (Å²) in [5.41, 5.74) is 1.32. The van der Waals surface area contributed by atoms with Crippen molar-refractivity contribution in [3.8, 4) is 11.6 Å². The Morgan fingerprint density at radius 2 is 2.08 bits per heavy atom. The first-order valence-corrected chi connectivity index (χ1v) is 8.58. The van der Waals surface area contributed by atoms with Crippen LogP contribution in [0.5, 0.6) is 0 Å². The molecule has 0 saturated carbocycles. The van der Waals surface area contributed by atoms with Crippen LogP contribution in [0.1, 0.15) is 17.4 Å². The molecule has 26 heavy (non-hydrogen) atoms. The Kier molecular flexibility index (Phi) is 4.59. The second-order valence-corrected chi connectivity index (χ2v) is 6.36. The van der Waals surface area contributed by atoms with Gasteiger partial charge in [-0.05, 0) is 18.7 Å². The van der Waals surface area contributed by atoms with Crippen molar-refractivity contribution in [1.29, 1.82) is 0 Å². The summed E-state index contributed by atoms with van der Waals surface area (Å²) in [5.74, 6) is 0.943. The summed E-state index contributed by atoms with van der Waals surface area (Å²) in [6.45, 7) is 3.04. The van der Waals surface area contributed by atoms with Gasteiger partial charge in [0.15, 0.2) is 5.82 Å². The molecule has 3 heterocycles. The highest BCUT2D eigenvalue weighted by Crippen LogP contribution is 2.21. The molecule has 4 rings (SSSR count). The Balaban J connectivity index is 1.60. The molecule has 3 aromatic rings. The minimum Gasteiger partial charge on any atom is -0.332 e. The molecule has 134 valence electrons. The van der Waals surface area contributed by atoms with Crippen molar-refractivity contribution < 1.29 is 4.52 Å². The first-order chi connectivity index (χ1) is 12.7. The Morgan fingerprint density at radius 3 is 2.88 bits per heavy atom. The zero-order valence-corrected chi connectivity index (χ0v) is 14.5. The third-order valence-corrected chi connectivity index (χ3v) is 4.51. The Hall–Kier alpha value is -2.84. The quantitative estimate of drug-likeness (QED) is 0.747. The topological polar surface area (TPSA) is 89.1 Å². The van der Waals surface area contributed by atoms with Crippen LogP contribution in [0.3, 0.4) is 0 Å². The summed E-state index contributed by atoms with van der Waals surface area (Å²) >= 11 is 0. The summed E-state index contributed by atoms with van der Waals surface area (Å²) in [7, 11) is 2.04. The third kappa shape index (κ3) is 3.42. The van der Waals surface area contributed by atoms with Crippen LogP contribution in [-0.2, 0) is 6.54 Å². The normalized spacial score (nSPS) is 18.1. The second-order valence-electron chi connectivity index (χ2n) is 6.36. The lowest BCUT2D eigenvalue weighted by Crippen LogP contribution is -2.44. The van der Waals surface area contributed by atoms with Gasteiger partial charge in [-0.3, -0.25) is 9.69 Å². The van der Waals surface area contributed by atoms with E-state index in [1.54, 1.807) is 6.07 Å². The van der Waals surface area contributed by atoms with Gasteiger partial charge in [-0.1, -0.05) is 35.5 Å². The lowest BCUT2D eigenvalue weighted by molar-refractivity contribution is 0.190. The van der Waals surface area contributed by atoms with Gasteiger partial charge in [0.1, 0.15) is 5.69 Å². The predicted molar refractivity (Wildman–Crippen MR) is 95.6 cm³/mol. The maximum absolute atomic E-state index is 12.1. The predicted octanol–water partition coefficient (Wildman–Crippen LogP) is 0.918. The highest BCUT2D eigenvalue weighted by Gasteiger charge is 2.25. The average molecular weight is 352 g/mol. The lowest BCUT2D eigenvalue weighted by Gasteiger charge is -2.30. The van der Waals surface area contributed by atoms with Crippen LogP contribution in [0.4, 0.5) is 0 Å². The molecule has 0 radical (unpaired) electrons. The highest BCUT2D eigenvalue weighted by atomic mass is 16.5. The molecule has 1 unspecified atom stereocenters. The van der Waals surface area contributed by atoms with Gasteiger partial charge < -0.3 is 9.84 Å². The van der Waals surface area contributed by atoms with E-state index in [1.807, 2.05) is 37.4 Å². The van der Waals surface area contributed by atoms with Crippen molar-refractivity contribution in [3.05, 3.63) is 64.2 Å². The van der Waals surface area contributed by atoms with E-state index in [9.17, 15) is 4.79 Å². The van der Waals surface area contributed by atoms with Gasteiger partial charge in [0.25, 0.3) is 11.4 Å². The first kappa shape index (κ1) is 16.6. The van der Waals surface area contributed by atoms with E-state index in [-0.39, 0.29) is 11.6 Å². The van der Waals surface area contributed by atoms with Crippen LogP contribution in [-0.4, -0.2) is 51.5 Å². The number of nitrogens with zero attached hydrogens (tertiary/aromatic N) is 5. The van der Waals surface area contributed by atoms with Crippen molar-refractivity contribution >= 4 is 0 Å². The molecular weight excluding hydrogens is 332 g/mol.